The van der Waals surface area contributed by atoms with Gasteiger partial charge < -0.3 is 9.15 Å². The second-order valence-electron chi connectivity index (χ2n) is 4.85. The molecule has 0 aliphatic heterocycles. The lowest BCUT2D eigenvalue weighted by Crippen LogP contribution is -2.16. The Morgan fingerprint density at radius 3 is 2.83 bits per heavy atom. The molecule has 0 spiro atoms. The minimum Gasteiger partial charge on any atom is -0.493 e. The molecule has 0 radical (unpaired) electrons. The van der Waals surface area contributed by atoms with Crippen molar-refractivity contribution in [1.82, 2.24) is 5.43 Å². The van der Waals surface area contributed by atoms with Crippen LogP contribution in [0.3, 0.4) is 0 Å². The Morgan fingerprint density at radius 1 is 1.25 bits per heavy atom. The summed E-state index contributed by atoms with van der Waals surface area (Å²) >= 11 is 11.9. The molecule has 0 bridgehead atoms. The summed E-state index contributed by atoms with van der Waals surface area (Å²) in [5, 5.41) is 5.61. The Balaban J connectivity index is 1.76. The lowest BCUT2D eigenvalue weighted by Gasteiger charge is -1.99. The van der Waals surface area contributed by atoms with Crippen LogP contribution in [-0.4, -0.2) is 19.2 Å². The van der Waals surface area contributed by atoms with E-state index >= 15 is 0 Å². The number of halogens is 2. The third kappa shape index (κ3) is 3.37. The second kappa shape index (κ2) is 6.95. The van der Waals surface area contributed by atoms with E-state index in [0.717, 1.165) is 5.39 Å². The van der Waals surface area contributed by atoms with Crippen molar-refractivity contribution in [3.8, 4) is 5.75 Å². The smallest absolute Gasteiger partial charge is 0.307 e. The van der Waals surface area contributed by atoms with Crippen molar-refractivity contribution in [3.63, 3.8) is 0 Å². The molecule has 3 rings (SSSR count). The minimum absolute atomic E-state index is 0.133. The lowest BCUT2D eigenvalue weighted by molar-refractivity contribution is 0.0929. The molecule has 1 amide bonds. The number of methoxy groups -OCH3 is 1. The number of furan rings is 1. The molecular formula is C17H12Cl2N2O3. The van der Waals surface area contributed by atoms with E-state index in [-0.39, 0.29) is 5.76 Å². The van der Waals surface area contributed by atoms with Crippen molar-refractivity contribution >= 4 is 46.3 Å². The average Bonchev–Trinajstić information content (AvgIpc) is 3.01. The summed E-state index contributed by atoms with van der Waals surface area (Å²) in [6.45, 7) is 0. The van der Waals surface area contributed by atoms with E-state index in [9.17, 15) is 4.79 Å². The van der Waals surface area contributed by atoms with Gasteiger partial charge in [0, 0.05) is 16.0 Å². The number of nitrogens with one attached hydrogen (secondary N) is 1. The van der Waals surface area contributed by atoms with E-state index in [2.05, 4.69) is 10.5 Å². The molecule has 1 N–H and O–H groups in total. The minimum atomic E-state index is -0.477. The quantitative estimate of drug-likeness (QED) is 0.548. The van der Waals surface area contributed by atoms with Crippen molar-refractivity contribution in [1.29, 1.82) is 0 Å². The van der Waals surface area contributed by atoms with Crippen LogP contribution in [-0.2, 0) is 0 Å². The van der Waals surface area contributed by atoms with Gasteiger partial charge in [0.05, 0.1) is 18.3 Å². The van der Waals surface area contributed by atoms with Gasteiger partial charge in [0.25, 0.3) is 0 Å². The molecule has 2 aromatic carbocycles. The van der Waals surface area contributed by atoms with Crippen LogP contribution in [0.15, 0.2) is 52.0 Å². The van der Waals surface area contributed by atoms with E-state index < -0.39 is 5.91 Å². The highest BCUT2D eigenvalue weighted by Crippen LogP contribution is 2.28. The molecule has 7 heteroatoms. The first kappa shape index (κ1) is 16.4. The Labute approximate surface area is 147 Å². The zero-order valence-corrected chi connectivity index (χ0v) is 14.1. The van der Waals surface area contributed by atoms with Gasteiger partial charge in [-0.25, -0.2) is 5.43 Å². The fourth-order valence-electron chi connectivity index (χ4n) is 2.13. The zero-order chi connectivity index (χ0) is 17.1. The molecular weight excluding hydrogens is 351 g/mol. The van der Waals surface area contributed by atoms with Gasteiger partial charge in [-0.3, -0.25) is 4.79 Å². The molecule has 1 heterocycles. The zero-order valence-electron chi connectivity index (χ0n) is 12.5. The Bertz CT molecular complexity index is 935. The third-order valence-electron chi connectivity index (χ3n) is 3.28. The molecule has 0 fully saturated rings. The van der Waals surface area contributed by atoms with Crippen LogP contribution in [0.4, 0.5) is 0 Å². The van der Waals surface area contributed by atoms with Crippen molar-refractivity contribution in [2.45, 2.75) is 0 Å². The first-order chi connectivity index (χ1) is 11.6. The molecule has 24 heavy (non-hydrogen) atoms. The molecule has 0 unspecified atom stereocenters. The second-order valence-corrected chi connectivity index (χ2v) is 5.70. The number of hydrogen-bond donors (Lipinski definition) is 1. The number of para-hydroxylation sites is 1. The lowest BCUT2D eigenvalue weighted by atomic mass is 10.2. The van der Waals surface area contributed by atoms with Gasteiger partial charge in [0.15, 0.2) is 17.1 Å². The van der Waals surface area contributed by atoms with Gasteiger partial charge in [-0.1, -0.05) is 41.4 Å². The van der Waals surface area contributed by atoms with Gasteiger partial charge in [-0.2, -0.15) is 5.10 Å². The highest BCUT2D eigenvalue weighted by Gasteiger charge is 2.14. The fourth-order valence-corrected chi connectivity index (χ4v) is 2.59. The average molecular weight is 363 g/mol. The van der Waals surface area contributed by atoms with Crippen LogP contribution in [0.1, 0.15) is 16.1 Å². The Hall–Kier alpha value is -2.50. The van der Waals surface area contributed by atoms with Crippen LogP contribution in [0.25, 0.3) is 11.0 Å². The number of hydrazone groups is 1. The highest BCUT2D eigenvalue weighted by molar-refractivity contribution is 6.36. The third-order valence-corrected chi connectivity index (χ3v) is 3.85. The first-order valence-electron chi connectivity index (χ1n) is 6.93. The number of benzene rings is 2. The summed E-state index contributed by atoms with van der Waals surface area (Å²) in [7, 11) is 1.54. The molecule has 1 aromatic heterocycles. The number of hydrogen-bond acceptors (Lipinski definition) is 4. The van der Waals surface area contributed by atoms with Crippen LogP contribution in [0, 0.1) is 0 Å². The number of carbonyl (C=O) groups excluding carboxylic acids is 1. The van der Waals surface area contributed by atoms with E-state index in [4.69, 9.17) is 32.4 Å². The summed E-state index contributed by atoms with van der Waals surface area (Å²) < 4.78 is 10.7. The van der Waals surface area contributed by atoms with E-state index in [1.54, 1.807) is 30.3 Å². The van der Waals surface area contributed by atoms with Gasteiger partial charge in [0.2, 0.25) is 0 Å². The number of ether oxygens (including phenoxy) is 1. The predicted octanol–water partition coefficient (Wildman–Crippen LogP) is 4.51. The number of rotatable bonds is 4. The van der Waals surface area contributed by atoms with Gasteiger partial charge in [-0.15, -0.1) is 0 Å². The number of carbonyl (C=O) groups is 1. The number of fused-ring (bicyclic) bond motifs is 1. The monoisotopic (exact) mass is 362 g/mol. The van der Waals surface area contributed by atoms with Gasteiger partial charge in [-0.05, 0) is 24.3 Å². The number of nitrogens with zero attached hydrogens (tertiary/aromatic N) is 1. The van der Waals surface area contributed by atoms with Crippen molar-refractivity contribution < 1.29 is 13.9 Å². The highest BCUT2D eigenvalue weighted by atomic mass is 35.5. The largest absolute Gasteiger partial charge is 0.493 e. The van der Waals surface area contributed by atoms with Crippen molar-refractivity contribution in [2.75, 3.05) is 7.11 Å². The predicted molar refractivity (Wildman–Crippen MR) is 94.3 cm³/mol. The first-order valence-corrected chi connectivity index (χ1v) is 7.69. The Kier molecular flexibility index (Phi) is 4.74. The summed E-state index contributed by atoms with van der Waals surface area (Å²) in [4.78, 5) is 12.1. The van der Waals surface area contributed by atoms with Gasteiger partial charge >= 0.3 is 5.91 Å². The van der Waals surface area contributed by atoms with Crippen molar-refractivity contribution in [2.24, 2.45) is 5.10 Å². The van der Waals surface area contributed by atoms with Crippen LogP contribution < -0.4 is 10.2 Å². The SMILES string of the molecule is COc1cccc2cc(C(=O)N/N=C\c3ccc(Cl)cc3Cl)oc12. The normalized spacial score (nSPS) is 11.1. The van der Waals surface area contributed by atoms with E-state index in [0.29, 0.717) is 26.9 Å². The summed E-state index contributed by atoms with van der Waals surface area (Å²) in [6, 6.07) is 12.0. The van der Waals surface area contributed by atoms with E-state index in [1.807, 2.05) is 12.1 Å². The summed E-state index contributed by atoms with van der Waals surface area (Å²) in [5.74, 6) is 0.214. The summed E-state index contributed by atoms with van der Waals surface area (Å²) in [6.07, 6.45) is 1.43. The standard InChI is InChI=1S/C17H12Cl2N2O3/c1-23-14-4-2-3-10-7-15(24-16(10)14)17(22)21-20-9-11-5-6-12(18)8-13(11)19/h2-9H,1H3,(H,21,22)/b20-9-. The maximum Gasteiger partial charge on any atom is 0.307 e. The molecule has 0 saturated carbocycles. The topological polar surface area (TPSA) is 63.8 Å². The molecule has 0 aliphatic carbocycles. The van der Waals surface area contributed by atoms with Crippen molar-refractivity contribution in [3.05, 3.63) is 63.8 Å². The fraction of sp³-hybridized carbons (Fsp3) is 0.0588. The molecule has 5 nitrogen and oxygen atoms in total. The van der Waals surface area contributed by atoms with Crippen LogP contribution in [0.5, 0.6) is 5.75 Å². The molecule has 122 valence electrons. The maximum atomic E-state index is 12.1. The Morgan fingerprint density at radius 2 is 2.08 bits per heavy atom. The summed E-state index contributed by atoms with van der Waals surface area (Å²) in [5.41, 5.74) is 3.53. The molecule has 0 aliphatic rings. The van der Waals surface area contributed by atoms with Gasteiger partial charge in [0.1, 0.15) is 0 Å². The molecule has 0 atom stereocenters. The van der Waals surface area contributed by atoms with Crippen LogP contribution >= 0.6 is 23.2 Å². The number of amides is 1. The van der Waals surface area contributed by atoms with Crippen LogP contribution in [0.2, 0.25) is 10.0 Å². The van der Waals surface area contributed by atoms with E-state index in [1.165, 1.54) is 13.3 Å². The molecule has 0 saturated heterocycles. The maximum absolute atomic E-state index is 12.1. The molecule has 3 aromatic rings.